The highest BCUT2D eigenvalue weighted by Crippen LogP contribution is 2.24. The second-order valence-corrected chi connectivity index (χ2v) is 5.66. The Bertz CT molecular complexity index is 565. The quantitative estimate of drug-likeness (QED) is 0.820. The number of aliphatic hydroxyl groups is 1. The van der Waals surface area contributed by atoms with Gasteiger partial charge in [-0.2, -0.15) is 0 Å². The van der Waals surface area contributed by atoms with Crippen molar-refractivity contribution in [3.8, 4) is 5.75 Å². The summed E-state index contributed by atoms with van der Waals surface area (Å²) < 4.78 is 6.36. The number of ketones is 1. The lowest BCUT2D eigenvalue weighted by Gasteiger charge is -2.09. The molecule has 0 amide bonds. The van der Waals surface area contributed by atoms with Crippen molar-refractivity contribution in [3.05, 3.63) is 50.6 Å². The first-order valence-electron chi connectivity index (χ1n) is 5.80. The topological polar surface area (TPSA) is 46.5 Å². The number of benzene rings is 1. The Hall–Kier alpha value is -1.17. The SMILES string of the molecule is O=C(COc1ccccc1CCO)c1sccc1Br. The van der Waals surface area contributed by atoms with Gasteiger partial charge in [0, 0.05) is 11.1 Å². The van der Waals surface area contributed by atoms with Crippen LogP contribution in [-0.4, -0.2) is 24.1 Å². The van der Waals surface area contributed by atoms with Gasteiger partial charge in [-0.3, -0.25) is 4.79 Å². The average molecular weight is 341 g/mol. The highest BCUT2D eigenvalue weighted by molar-refractivity contribution is 9.10. The summed E-state index contributed by atoms with van der Waals surface area (Å²) in [7, 11) is 0. The molecule has 1 heterocycles. The zero-order valence-corrected chi connectivity index (χ0v) is 12.5. The van der Waals surface area contributed by atoms with Crippen molar-refractivity contribution in [2.75, 3.05) is 13.2 Å². The van der Waals surface area contributed by atoms with Crippen LogP contribution in [0.1, 0.15) is 15.2 Å². The van der Waals surface area contributed by atoms with Gasteiger partial charge in [0.05, 0.1) is 4.88 Å². The molecule has 1 N–H and O–H groups in total. The van der Waals surface area contributed by atoms with E-state index in [4.69, 9.17) is 9.84 Å². The summed E-state index contributed by atoms with van der Waals surface area (Å²) in [6, 6.07) is 9.27. The number of hydrogen-bond acceptors (Lipinski definition) is 4. The lowest BCUT2D eigenvalue weighted by atomic mass is 10.1. The van der Waals surface area contributed by atoms with E-state index in [2.05, 4.69) is 15.9 Å². The molecule has 1 aromatic carbocycles. The highest BCUT2D eigenvalue weighted by Gasteiger charge is 2.13. The third kappa shape index (κ3) is 3.65. The molecule has 3 nitrogen and oxygen atoms in total. The van der Waals surface area contributed by atoms with Gasteiger partial charge in [-0.25, -0.2) is 0 Å². The zero-order valence-electron chi connectivity index (χ0n) is 10.1. The van der Waals surface area contributed by atoms with Gasteiger partial charge in [-0.05, 0) is 45.4 Å². The molecule has 1 aromatic heterocycles. The van der Waals surface area contributed by atoms with E-state index in [0.29, 0.717) is 17.0 Å². The van der Waals surface area contributed by atoms with Crippen LogP contribution >= 0.6 is 27.3 Å². The second kappa shape index (κ2) is 6.84. The second-order valence-electron chi connectivity index (χ2n) is 3.89. The van der Waals surface area contributed by atoms with Crippen LogP contribution in [0.25, 0.3) is 0 Å². The third-order valence-corrected chi connectivity index (χ3v) is 4.46. The minimum absolute atomic E-state index is 0.00154. The summed E-state index contributed by atoms with van der Waals surface area (Å²) in [6.07, 6.45) is 0.521. The fourth-order valence-corrected chi connectivity index (χ4v) is 3.19. The van der Waals surface area contributed by atoms with Gasteiger partial charge in [0.1, 0.15) is 5.75 Å². The first kappa shape index (κ1) is 14.2. The summed E-state index contributed by atoms with van der Waals surface area (Å²) in [5.74, 6) is 0.596. The fraction of sp³-hybridized carbons (Fsp3) is 0.214. The number of Topliss-reactive ketones (excluding diaryl/α,β-unsaturated/α-hetero) is 1. The summed E-state index contributed by atoms with van der Waals surface area (Å²) >= 11 is 4.72. The van der Waals surface area contributed by atoms with Crippen LogP contribution in [0.5, 0.6) is 5.75 Å². The van der Waals surface area contributed by atoms with E-state index in [1.54, 1.807) is 0 Å². The number of carbonyl (C=O) groups excluding carboxylic acids is 1. The molecule has 0 aliphatic heterocycles. The van der Waals surface area contributed by atoms with Crippen LogP contribution in [0.4, 0.5) is 0 Å². The van der Waals surface area contributed by atoms with Crippen molar-refractivity contribution < 1.29 is 14.6 Å². The van der Waals surface area contributed by atoms with Crippen LogP contribution in [0, 0.1) is 0 Å². The fourth-order valence-electron chi connectivity index (χ4n) is 1.67. The van der Waals surface area contributed by atoms with E-state index in [9.17, 15) is 4.79 Å². The van der Waals surface area contributed by atoms with Crippen LogP contribution in [0.2, 0.25) is 0 Å². The van der Waals surface area contributed by atoms with Gasteiger partial charge in [-0.1, -0.05) is 18.2 Å². The maximum absolute atomic E-state index is 12.0. The molecule has 0 bridgehead atoms. The molecule has 2 rings (SSSR count). The molecule has 2 aromatic rings. The molecule has 0 spiro atoms. The minimum atomic E-state index is -0.0549. The van der Waals surface area contributed by atoms with Crippen molar-refractivity contribution >= 4 is 33.0 Å². The maximum atomic E-state index is 12.0. The van der Waals surface area contributed by atoms with Crippen LogP contribution in [-0.2, 0) is 6.42 Å². The molecular weight excluding hydrogens is 328 g/mol. The molecular formula is C14H13BrO3S. The van der Waals surface area contributed by atoms with Gasteiger partial charge in [0.15, 0.2) is 6.61 Å². The average Bonchev–Trinajstić information content (AvgIpc) is 2.84. The van der Waals surface area contributed by atoms with Crippen molar-refractivity contribution in [1.82, 2.24) is 0 Å². The molecule has 0 atom stereocenters. The van der Waals surface area contributed by atoms with Gasteiger partial charge in [0.2, 0.25) is 5.78 Å². The summed E-state index contributed by atoms with van der Waals surface area (Å²) in [5, 5.41) is 10.8. The minimum Gasteiger partial charge on any atom is -0.485 e. The van der Waals surface area contributed by atoms with Crippen molar-refractivity contribution in [2.45, 2.75) is 6.42 Å². The lowest BCUT2D eigenvalue weighted by Crippen LogP contribution is -2.11. The Morgan fingerprint density at radius 3 is 2.79 bits per heavy atom. The molecule has 100 valence electrons. The molecule has 0 aliphatic carbocycles. The van der Waals surface area contributed by atoms with Crippen LogP contribution < -0.4 is 4.74 Å². The number of carbonyl (C=O) groups is 1. The van der Waals surface area contributed by atoms with Gasteiger partial charge >= 0.3 is 0 Å². The molecule has 0 aliphatic rings. The largest absolute Gasteiger partial charge is 0.485 e. The maximum Gasteiger partial charge on any atom is 0.211 e. The Balaban J connectivity index is 2.03. The molecule has 19 heavy (non-hydrogen) atoms. The number of para-hydroxylation sites is 1. The summed E-state index contributed by atoms with van der Waals surface area (Å²) in [6.45, 7) is 0.0619. The first-order valence-corrected chi connectivity index (χ1v) is 7.47. The van der Waals surface area contributed by atoms with E-state index in [-0.39, 0.29) is 19.0 Å². The standard InChI is InChI=1S/C14H13BrO3S/c15-11-6-8-19-14(11)12(17)9-18-13-4-2-1-3-10(13)5-7-16/h1-4,6,8,16H,5,7,9H2. The molecule has 0 unspecified atom stereocenters. The van der Waals surface area contributed by atoms with Gasteiger partial charge in [-0.15, -0.1) is 11.3 Å². The predicted molar refractivity (Wildman–Crippen MR) is 79.1 cm³/mol. The van der Waals surface area contributed by atoms with Crippen molar-refractivity contribution in [2.24, 2.45) is 0 Å². The third-order valence-electron chi connectivity index (χ3n) is 2.58. The van der Waals surface area contributed by atoms with E-state index in [0.717, 1.165) is 10.0 Å². The molecule has 0 radical (unpaired) electrons. The number of halogens is 1. The predicted octanol–water partition coefficient (Wildman–Crippen LogP) is 3.31. The number of rotatable bonds is 6. The van der Waals surface area contributed by atoms with Crippen molar-refractivity contribution in [1.29, 1.82) is 0 Å². The first-order chi connectivity index (χ1) is 9.22. The van der Waals surface area contributed by atoms with Crippen LogP contribution in [0.15, 0.2) is 40.2 Å². The van der Waals surface area contributed by atoms with Crippen molar-refractivity contribution in [3.63, 3.8) is 0 Å². The van der Waals surface area contributed by atoms with Gasteiger partial charge in [0.25, 0.3) is 0 Å². The Kier molecular flexibility index (Phi) is 5.13. The van der Waals surface area contributed by atoms with Gasteiger partial charge < -0.3 is 9.84 Å². The van der Waals surface area contributed by atoms with E-state index < -0.39 is 0 Å². The zero-order chi connectivity index (χ0) is 13.7. The smallest absolute Gasteiger partial charge is 0.211 e. The molecule has 0 fully saturated rings. The lowest BCUT2D eigenvalue weighted by molar-refractivity contribution is 0.0924. The van der Waals surface area contributed by atoms with E-state index in [1.807, 2.05) is 35.7 Å². The molecule has 0 saturated carbocycles. The summed E-state index contributed by atoms with van der Waals surface area (Å²) in [5.41, 5.74) is 0.906. The normalized spacial score (nSPS) is 10.4. The number of hydrogen-bond donors (Lipinski definition) is 1. The number of ether oxygens (including phenoxy) is 1. The molecule has 0 saturated heterocycles. The summed E-state index contributed by atoms with van der Waals surface area (Å²) in [4.78, 5) is 12.6. The molecule has 5 heteroatoms. The van der Waals surface area contributed by atoms with E-state index in [1.165, 1.54) is 11.3 Å². The highest BCUT2D eigenvalue weighted by atomic mass is 79.9. The number of aliphatic hydroxyl groups excluding tert-OH is 1. The monoisotopic (exact) mass is 340 g/mol. The number of thiophene rings is 1. The van der Waals surface area contributed by atoms with E-state index >= 15 is 0 Å². The Morgan fingerprint density at radius 2 is 2.11 bits per heavy atom. The Morgan fingerprint density at radius 1 is 1.32 bits per heavy atom. The Labute approximate surface area is 124 Å². The van der Waals surface area contributed by atoms with Crippen LogP contribution in [0.3, 0.4) is 0 Å².